The molecular weight excluding hydrogens is 296 g/mol. The van der Waals surface area contributed by atoms with Crippen LogP contribution in [0, 0.1) is 0 Å². The van der Waals surface area contributed by atoms with Crippen molar-refractivity contribution >= 4 is 37.0 Å². The monoisotopic (exact) mass is 310 g/mol. The second kappa shape index (κ2) is 3.80. The number of rotatable bonds is 1. The lowest BCUT2D eigenvalue weighted by Gasteiger charge is -2.28. The molecule has 3 atom stereocenters. The summed E-state index contributed by atoms with van der Waals surface area (Å²) >= 11 is 5.21. The van der Waals surface area contributed by atoms with Crippen molar-refractivity contribution in [1.29, 1.82) is 0 Å². The summed E-state index contributed by atoms with van der Waals surface area (Å²) in [4.78, 5) is 1.81. The number of sulfone groups is 2. The highest BCUT2D eigenvalue weighted by Gasteiger charge is 2.50. The molecule has 3 saturated heterocycles. The van der Waals surface area contributed by atoms with Gasteiger partial charge in [0.05, 0.1) is 35.1 Å². The van der Waals surface area contributed by atoms with Crippen molar-refractivity contribution < 1.29 is 16.8 Å². The van der Waals surface area contributed by atoms with Crippen LogP contribution in [0.2, 0.25) is 0 Å². The van der Waals surface area contributed by atoms with Crippen LogP contribution in [-0.2, 0) is 19.7 Å². The first-order chi connectivity index (χ1) is 8.27. The van der Waals surface area contributed by atoms with Gasteiger partial charge < -0.3 is 10.2 Å². The van der Waals surface area contributed by atoms with Gasteiger partial charge in [-0.05, 0) is 18.6 Å². The molecule has 0 aromatic carbocycles. The van der Waals surface area contributed by atoms with Crippen LogP contribution >= 0.6 is 12.2 Å². The molecule has 3 aliphatic rings. The highest BCUT2D eigenvalue weighted by Crippen LogP contribution is 2.30. The molecule has 1 N–H and O–H groups in total. The molecule has 0 aromatic rings. The zero-order chi connectivity index (χ0) is 13.1. The van der Waals surface area contributed by atoms with E-state index < -0.39 is 19.7 Å². The molecule has 3 fully saturated rings. The molecule has 0 bridgehead atoms. The maximum Gasteiger partial charge on any atom is 0.169 e. The van der Waals surface area contributed by atoms with Crippen LogP contribution in [0.3, 0.4) is 0 Å². The van der Waals surface area contributed by atoms with E-state index in [1.807, 2.05) is 4.90 Å². The highest BCUT2D eigenvalue weighted by atomic mass is 32.2. The number of hydrogen-bond acceptors (Lipinski definition) is 5. The molecule has 18 heavy (non-hydrogen) atoms. The molecular formula is C9H14N2O4S3. The van der Waals surface area contributed by atoms with Crippen molar-refractivity contribution in [2.45, 2.75) is 24.5 Å². The molecule has 0 saturated carbocycles. The first-order valence-electron chi connectivity index (χ1n) is 5.77. The Balaban J connectivity index is 1.86. The van der Waals surface area contributed by atoms with Gasteiger partial charge in [-0.15, -0.1) is 0 Å². The first kappa shape index (κ1) is 12.6. The fraction of sp³-hybridized carbons (Fsp3) is 0.889. The molecule has 3 aliphatic heterocycles. The van der Waals surface area contributed by atoms with Crippen LogP contribution in [0.15, 0.2) is 0 Å². The number of nitrogens with one attached hydrogen (secondary N) is 1. The van der Waals surface area contributed by atoms with Crippen LogP contribution in [0.1, 0.15) is 6.42 Å². The Morgan fingerprint density at radius 2 is 1.83 bits per heavy atom. The molecule has 0 amide bonds. The molecule has 0 aliphatic carbocycles. The topological polar surface area (TPSA) is 83.6 Å². The van der Waals surface area contributed by atoms with E-state index in [0.717, 1.165) is 0 Å². The van der Waals surface area contributed by atoms with Gasteiger partial charge in [-0.1, -0.05) is 0 Å². The fourth-order valence-electron chi connectivity index (χ4n) is 3.06. The Bertz CT molecular complexity index is 597. The molecule has 9 heteroatoms. The van der Waals surface area contributed by atoms with E-state index >= 15 is 0 Å². The molecule has 102 valence electrons. The lowest BCUT2D eigenvalue weighted by Crippen LogP contribution is -2.45. The lowest BCUT2D eigenvalue weighted by molar-refractivity contribution is 0.289. The van der Waals surface area contributed by atoms with Gasteiger partial charge in [-0.3, -0.25) is 0 Å². The van der Waals surface area contributed by atoms with Gasteiger partial charge in [-0.25, -0.2) is 16.8 Å². The predicted octanol–water partition coefficient (Wildman–Crippen LogP) is -1.47. The number of hydrogen-bond donors (Lipinski definition) is 1. The Labute approximate surface area is 112 Å². The smallest absolute Gasteiger partial charge is 0.169 e. The number of nitrogens with zero attached hydrogens (tertiary/aromatic N) is 1. The van der Waals surface area contributed by atoms with Gasteiger partial charge in [0.1, 0.15) is 0 Å². The number of thiocarbonyl (C=S) groups is 1. The van der Waals surface area contributed by atoms with Crippen LogP contribution in [0.5, 0.6) is 0 Å². The standard InChI is InChI=1S/C9H14N2O4S3/c12-17(13)2-1-6(3-17)11-8-5-18(14,15)4-7(8)10-9(11)16/h6-8H,1-5H2,(H,10,16)/t6-,7-,8-/m0/s1. The average molecular weight is 310 g/mol. The summed E-state index contributed by atoms with van der Waals surface area (Å²) in [5.74, 6) is 0.411. The Morgan fingerprint density at radius 3 is 2.44 bits per heavy atom. The van der Waals surface area contributed by atoms with Crippen LogP contribution in [-0.4, -0.2) is 68.0 Å². The zero-order valence-corrected chi connectivity index (χ0v) is 12.0. The van der Waals surface area contributed by atoms with E-state index in [1.165, 1.54) is 0 Å². The van der Waals surface area contributed by atoms with Crippen molar-refractivity contribution in [3.8, 4) is 0 Å². The Morgan fingerprint density at radius 1 is 1.11 bits per heavy atom. The largest absolute Gasteiger partial charge is 0.357 e. The third kappa shape index (κ3) is 2.01. The minimum atomic E-state index is -3.03. The maximum atomic E-state index is 11.6. The van der Waals surface area contributed by atoms with Gasteiger partial charge >= 0.3 is 0 Å². The van der Waals surface area contributed by atoms with Crippen LogP contribution < -0.4 is 5.32 Å². The van der Waals surface area contributed by atoms with Gasteiger partial charge in [0, 0.05) is 6.04 Å². The van der Waals surface area contributed by atoms with Gasteiger partial charge in [0.25, 0.3) is 0 Å². The lowest BCUT2D eigenvalue weighted by atomic mass is 10.1. The van der Waals surface area contributed by atoms with Crippen molar-refractivity contribution in [3.63, 3.8) is 0 Å². The van der Waals surface area contributed by atoms with E-state index in [-0.39, 0.29) is 41.1 Å². The normalized spacial score (nSPS) is 40.8. The average Bonchev–Trinajstić information content (AvgIpc) is 2.75. The molecule has 3 heterocycles. The van der Waals surface area contributed by atoms with Crippen molar-refractivity contribution in [1.82, 2.24) is 10.2 Å². The van der Waals surface area contributed by atoms with Crippen molar-refractivity contribution in [2.24, 2.45) is 0 Å². The summed E-state index contributed by atoms with van der Waals surface area (Å²) in [6.45, 7) is 0. The molecule has 0 aromatic heterocycles. The SMILES string of the molecule is O=S1(=O)CC[C@H](N2C(=S)N[C@H]3CS(=O)(=O)C[C@@H]32)C1. The third-order valence-electron chi connectivity index (χ3n) is 3.83. The van der Waals surface area contributed by atoms with Crippen LogP contribution in [0.25, 0.3) is 0 Å². The Kier molecular flexibility index (Phi) is 2.66. The maximum absolute atomic E-state index is 11.6. The van der Waals surface area contributed by atoms with E-state index in [4.69, 9.17) is 12.2 Å². The minimum absolute atomic E-state index is 0.0708. The molecule has 0 spiro atoms. The van der Waals surface area contributed by atoms with Crippen LogP contribution in [0.4, 0.5) is 0 Å². The van der Waals surface area contributed by atoms with E-state index in [0.29, 0.717) is 11.5 Å². The van der Waals surface area contributed by atoms with Gasteiger partial charge in [0.2, 0.25) is 0 Å². The molecule has 0 radical (unpaired) electrons. The zero-order valence-electron chi connectivity index (χ0n) is 9.57. The quantitative estimate of drug-likeness (QED) is 0.592. The van der Waals surface area contributed by atoms with E-state index in [2.05, 4.69) is 5.32 Å². The molecule has 0 unspecified atom stereocenters. The van der Waals surface area contributed by atoms with E-state index in [9.17, 15) is 16.8 Å². The predicted molar refractivity (Wildman–Crippen MR) is 70.9 cm³/mol. The summed E-state index contributed by atoms with van der Waals surface area (Å²) in [7, 11) is -6.03. The summed E-state index contributed by atoms with van der Waals surface area (Å²) in [6.07, 6.45) is 0.535. The van der Waals surface area contributed by atoms with Gasteiger partial charge in [0.15, 0.2) is 24.8 Å². The van der Waals surface area contributed by atoms with Crippen molar-refractivity contribution in [3.05, 3.63) is 0 Å². The summed E-state index contributed by atoms with van der Waals surface area (Å²) in [6, 6.07) is -0.537. The second-order valence-electron chi connectivity index (χ2n) is 5.16. The third-order valence-corrected chi connectivity index (χ3v) is 7.62. The molecule has 6 nitrogen and oxygen atoms in total. The highest BCUT2D eigenvalue weighted by molar-refractivity contribution is 7.92. The fourth-order valence-corrected chi connectivity index (χ4v) is 7.11. The summed E-state index contributed by atoms with van der Waals surface area (Å²) < 4.78 is 46.3. The first-order valence-corrected chi connectivity index (χ1v) is 9.82. The van der Waals surface area contributed by atoms with E-state index in [1.54, 1.807) is 0 Å². The number of fused-ring (bicyclic) bond motifs is 1. The Hall–Kier alpha value is -0.410. The second-order valence-corrected chi connectivity index (χ2v) is 9.93. The minimum Gasteiger partial charge on any atom is -0.357 e. The van der Waals surface area contributed by atoms with Gasteiger partial charge in [-0.2, -0.15) is 0 Å². The summed E-state index contributed by atoms with van der Waals surface area (Å²) in [5.41, 5.74) is 0. The van der Waals surface area contributed by atoms with Crippen molar-refractivity contribution in [2.75, 3.05) is 23.0 Å². The summed E-state index contributed by atoms with van der Waals surface area (Å²) in [5, 5.41) is 3.51. The molecule has 3 rings (SSSR count).